The molecular formula is C27H32N2O3S. The molecule has 0 aliphatic heterocycles. The van der Waals surface area contributed by atoms with E-state index < -0.39 is 0 Å². The minimum Gasteiger partial charge on any atom is -0.490 e. The van der Waals surface area contributed by atoms with E-state index in [-0.39, 0.29) is 0 Å². The van der Waals surface area contributed by atoms with Crippen molar-refractivity contribution in [2.45, 2.75) is 32.1 Å². The predicted octanol–water partition coefficient (Wildman–Crippen LogP) is 7.36. The molecule has 4 N–H and O–H groups in total. The fraction of sp³-hybridized carbons (Fsp3) is 0.185. The van der Waals surface area contributed by atoms with Gasteiger partial charge in [-0.3, -0.25) is 0 Å². The molecule has 0 fully saturated rings. The molecule has 0 aliphatic rings. The summed E-state index contributed by atoms with van der Waals surface area (Å²) in [6, 6.07) is 22.5. The molecule has 0 bridgehead atoms. The number of allylic oxidation sites excluding steroid dienone is 3. The Morgan fingerprint density at radius 1 is 0.879 bits per heavy atom. The quantitative estimate of drug-likeness (QED) is 0.185. The van der Waals surface area contributed by atoms with Gasteiger partial charge in [-0.2, -0.15) is 0 Å². The van der Waals surface area contributed by atoms with Crippen molar-refractivity contribution < 1.29 is 13.7 Å². The van der Waals surface area contributed by atoms with E-state index in [4.69, 9.17) is 25.1 Å². The molecule has 0 heterocycles. The molecule has 0 saturated carbocycles. The Hall–Kier alpha value is -3.51. The van der Waals surface area contributed by atoms with Gasteiger partial charge in [-0.1, -0.05) is 32.9 Å². The minimum atomic E-state index is 0.487. The Balaban J connectivity index is 0.00000187. The lowest BCUT2D eigenvalue weighted by Crippen LogP contribution is -1.94. The molecule has 174 valence electrons. The molecule has 0 aromatic heterocycles. The fourth-order valence-electron chi connectivity index (χ4n) is 2.47. The van der Waals surface area contributed by atoms with Gasteiger partial charge >= 0.3 is 0 Å². The van der Waals surface area contributed by atoms with E-state index in [1.165, 1.54) is 12.0 Å². The van der Waals surface area contributed by atoms with Crippen molar-refractivity contribution in [3.63, 3.8) is 0 Å². The van der Waals surface area contributed by atoms with Crippen LogP contribution in [0.15, 0.2) is 102 Å². The standard InChI is InChI=1S/C25H26N2O3S.C2H6/c1-2-19(26)6-3-4-17-28-21-13-15-25(16-14-21)31-30-23-11-9-22(10-12-23)29-24-8-5-7-20(27)18-24;1-2/h3-16,18H,2,17,26-27H2,1H3;1-2H3/b4-3-,19-6+;. The largest absolute Gasteiger partial charge is 0.490 e. The van der Waals surface area contributed by atoms with Gasteiger partial charge in [0, 0.05) is 22.3 Å². The van der Waals surface area contributed by atoms with Gasteiger partial charge in [0.25, 0.3) is 0 Å². The summed E-state index contributed by atoms with van der Waals surface area (Å²) in [7, 11) is 0. The Morgan fingerprint density at radius 3 is 2.21 bits per heavy atom. The van der Waals surface area contributed by atoms with Crippen molar-refractivity contribution in [2.24, 2.45) is 5.73 Å². The summed E-state index contributed by atoms with van der Waals surface area (Å²) in [6.45, 7) is 6.51. The van der Waals surface area contributed by atoms with Gasteiger partial charge < -0.3 is 25.1 Å². The average molecular weight is 465 g/mol. The van der Waals surface area contributed by atoms with Crippen LogP contribution in [0, 0.1) is 0 Å². The molecule has 3 rings (SSSR count). The highest BCUT2D eigenvalue weighted by Crippen LogP contribution is 2.29. The zero-order valence-electron chi connectivity index (χ0n) is 19.4. The van der Waals surface area contributed by atoms with E-state index >= 15 is 0 Å². The van der Waals surface area contributed by atoms with Gasteiger partial charge in [0.05, 0.1) is 12.0 Å². The second kappa shape index (κ2) is 14.5. The molecule has 0 aliphatic carbocycles. The summed E-state index contributed by atoms with van der Waals surface area (Å²) >= 11 is 1.28. The topological polar surface area (TPSA) is 79.7 Å². The number of nitrogens with two attached hydrogens (primary N) is 2. The van der Waals surface area contributed by atoms with Gasteiger partial charge in [-0.25, -0.2) is 0 Å². The van der Waals surface area contributed by atoms with E-state index in [1.54, 1.807) is 6.07 Å². The van der Waals surface area contributed by atoms with Crippen LogP contribution in [0.5, 0.6) is 23.0 Å². The summed E-state index contributed by atoms with van der Waals surface area (Å²) < 4.78 is 17.2. The van der Waals surface area contributed by atoms with Crippen molar-refractivity contribution in [3.05, 3.63) is 96.7 Å². The molecule has 0 spiro atoms. The van der Waals surface area contributed by atoms with E-state index in [0.29, 0.717) is 23.8 Å². The summed E-state index contributed by atoms with van der Waals surface area (Å²) in [5.41, 5.74) is 13.0. The molecule has 6 heteroatoms. The van der Waals surface area contributed by atoms with Crippen molar-refractivity contribution >= 4 is 17.7 Å². The van der Waals surface area contributed by atoms with Crippen molar-refractivity contribution in [3.8, 4) is 23.0 Å². The number of nitrogen functional groups attached to an aromatic ring is 1. The number of ether oxygens (including phenoxy) is 2. The number of rotatable bonds is 10. The zero-order chi connectivity index (χ0) is 23.9. The lowest BCUT2D eigenvalue weighted by atomic mass is 10.3. The van der Waals surface area contributed by atoms with Crippen molar-refractivity contribution in [1.82, 2.24) is 0 Å². The maximum Gasteiger partial charge on any atom is 0.138 e. The first kappa shape index (κ1) is 25.7. The molecule has 0 atom stereocenters. The Labute approximate surface area is 201 Å². The summed E-state index contributed by atoms with van der Waals surface area (Å²) in [4.78, 5) is 0.974. The lowest BCUT2D eigenvalue weighted by Gasteiger charge is -2.08. The predicted molar refractivity (Wildman–Crippen MR) is 139 cm³/mol. The third-order valence-corrected chi connectivity index (χ3v) is 4.92. The molecule has 33 heavy (non-hydrogen) atoms. The number of hydrogen-bond donors (Lipinski definition) is 2. The van der Waals surface area contributed by atoms with Crippen LogP contribution in [-0.2, 0) is 0 Å². The van der Waals surface area contributed by atoms with Gasteiger partial charge in [-0.15, -0.1) is 0 Å². The third kappa shape index (κ3) is 9.66. The normalized spacial score (nSPS) is 10.9. The Bertz CT molecular complexity index is 1020. The summed E-state index contributed by atoms with van der Waals surface area (Å²) in [6.07, 6.45) is 6.56. The SMILES string of the molecule is CC.CC/C(N)=C\C=C/COc1ccc(SOc2ccc(Oc3cccc(N)c3)cc2)cc1. The molecule has 0 saturated heterocycles. The van der Waals surface area contributed by atoms with E-state index in [9.17, 15) is 0 Å². The van der Waals surface area contributed by atoms with E-state index in [1.807, 2.05) is 106 Å². The number of hydrogen-bond acceptors (Lipinski definition) is 6. The number of anilines is 1. The summed E-state index contributed by atoms with van der Waals surface area (Å²) in [5, 5.41) is 0. The molecule has 0 unspecified atom stereocenters. The van der Waals surface area contributed by atoms with Gasteiger partial charge in [0.2, 0.25) is 0 Å². The highest BCUT2D eigenvalue weighted by Gasteiger charge is 2.02. The van der Waals surface area contributed by atoms with Crippen LogP contribution in [0.2, 0.25) is 0 Å². The smallest absolute Gasteiger partial charge is 0.138 e. The van der Waals surface area contributed by atoms with Crippen LogP contribution in [-0.4, -0.2) is 6.61 Å². The lowest BCUT2D eigenvalue weighted by molar-refractivity contribution is 0.362. The minimum absolute atomic E-state index is 0.487. The van der Waals surface area contributed by atoms with Crippen molar-refractivity contribution in [1.29, 1.82) is 0 Å². The van der Waals surface area contributed by atoms with Gasteiger partial charge in [0.15, 0.2) is 0 Å². The molecule has 0 amide bonds. The molecule has 5 nitrogen and oxygen atoms in total. The van der Waals surface area contributed by atoms with E-state index in [2.05, 4.69) is 0 Å². The molecule has 0 radical (unpaired) electrons. The van der Waals surface area contributed by atoms with Crippen LogP contribution in [0.3, 0.4) is 0 Å². The fourth-order valence-corrected chi connectivity index (χ4v) is 3.03. The second-order valence-corrected chi connectivity index (χ2v) is 7.42. The van der Waals surface area contributed by atoms with Crippen LogP contribution in [0.4, 0.5) is 5.69 Å². The van der Waals surface area contributed by atoms with E-state index in [0.717, 1.165) is 28.5 Å². The highest BCUT2D eigenvalue weighted by atomic mass is 32.2. The molecule has 3 aromatic rings. The van der Waals surface area contributed by atoms with Crippen LogP contribution in [0.25, 0.3) is 0 Å². The maximum atomic E-state index is 5.78. The first-order chi connectivity index (χ1) is 16.1. The average Bonchev–Trinajstić information content (AvgIpc) is 2.85. The highest BCUT2D eigenvalue weighted by molar-refractivity contribution is 7.95. The second-order valence-electron chi connectivity index (χ2n) is 6.62. The van der Waals surface area contributed by atoms with Crippen molar-refractivity contribution in [2.75, 3.05) is 12.3 Å². The Kier molecular flexibility index (Phi) is 11.3. The van der Waals surface area contributed by atoms with Crippen LogP contribution in [0.1, 0.15) is 27.2 Å². The first-order valence-electron chi connectivity index (χ1n) is 10.9. The van der Waals surface area contributed by atoms with Crippen LogP contribution >= 0.6 is 12.0 Å². The molecular weight excluding hydrogens is 432 g/mol. The summed E-state index contributed by atoms with van der Waals surface area (Å²) in [5.74, 6) is 2.94. The monoisotopic (exact) mass is 464 g/mol. The number of benzene rings is 3. The maximum absolute atomic E-state index is 5.78. The Morgan fingerprint density at radius 2 is 1.55 bits per heavy atom. The van der Waals surface area contributed by atoms with Gasteiger partial charge in [0.1, 0.15) is 29.6 Å². The molecule has 3 aromatic carbocycles. The zero-order valence-corrected chi connectivity index (χ0v) is 20.2. The van der Waals surface area contributed by atoms with Gasteiger partial charge in [-0.05, 0) is 79.2 Å². The third-order valence-electron chi connectivity index (χ3n) is 4.18. The van der Waals surface area contributed by atoms with Crippen LogP contribution < -0.4 is 25.1 Å². The first-order valence-corrected chi connectivity index (χ1v) is 11.7.